The number of carboxylic acids is 1. The second kappa shape index (κ2) is 19.8. The molecular formula is C28H53N7O8. The summed E-state index contributed by atoms with van der Waals surface area (Å²) in [5.74, 6) is -5.66. The van der Waals surface area contributed by atoms with E-state index in [0.717, 1.165) is 0 Å². The molecular weight excluding hydrogens is 562 g/mol. The van der Waals surface area contributed by atoms with E-state index in [4.69, 9.17) is 16.6 Å². The molecule has 43 heavy (non-hydrogen) atoms. The molecule has 0 rings (SSSR count). The number of aliphatic hydroxyl groups excluding tert-OH is 1. The van der Waals surface area contributed by atoms with E-state index in [-0.39, 0.29) is 12.3 Å². The van der Waals surface area contributed by atoms with E-state index >= 15 is 0 Å². The summed E-state index contributed by atoms with van der Waals surface area (Å²) >= 11 is 0. The van der Waals surface area contributed by atoms with Crippen molar-refractivity contribution in [1.29, 1.82) is 0 Å². The summed E-state index contributed by atoms with van der Waals surface area (Å²) in [7, 11) is 0. The molecule has 0 heterocycles. The molecule has 15 nitrogen and oxygen atoms in total. The fraction of sp³-hybridized carbons (Fsp3) is 0.786. The largest absolute Gasteiger partial charge is 0.480 e. The molecule has 0 unspecified atom stereocenters. The van der Waals surface area contributed by atoms with Crippen molar-refractivity contribution >= 4 is 35.5 Å². The Hall–Kier alpha value is -3.30. The lowest BCUT2D eigenvalue weighted by molar-refractivity contribution is -0.143. The van der Waals surface area contributed by atoms with Crippen LogP contribution >= 0.6 is 0 Å². The maximum absolute atomic E-state index is 13.3. The maximum Gasteiger partial charge on any atom is 0.328 e. The Morgan fingerprint density at radius 2 is 1.16 bits per heavy atom. The highest BCUT2D eigenvalue weighted by molar-refractivity contribution is 5.96. The average molecular weight is 616 g/mol. The van der Waals surface area contributed by atoms with Crippen LogP contribution in [0, 0.1) is 17.8 Å². The fourth-order valence-corrected chi connectivity index (χ4v) is 3.96. The molecule has 0 spiro atoms. The van der Waals surface area contributed by atoms with Crippen LogP contribution in [-0.4, -0.2) is 95.1 Å². The number of carboxylic acid groups (broad SMARTS) is 1. The molecule has 0 fully saturated rings. The average Bonchev–Trinajstić information content (AvgIpc) is 2.94. The van der Waals surface area contributed by atoms with E-state index in [1.807, 2.05) is 13.8 Å². The van der Waals surface area contributed by atoms with E-state index in [0.29, 0.717) is 25.8 Å². The van der Waals surface area contributed by atoms with Gasteiger partial charge in [-0.3, -0.25) is 24.0 Å². The molecule has 5 amide bonds. The van der Waals surface area contributed by atoms with Gasteiger partial charge in [0.15, 0.2) is 0 Å². The number of hydrogen-bond acceptors (Lipinski definition) is 9. The molecule has 0 bridgehead atoms. The Kier molecular flexibility index (Phi) is 18.3. The number of carbonyl (C=O) groups is 6. The first-order valence-corrected chi connectivity index (χ1v) is 14.8. The first-order valence-electron chi connectivity index (χ1n) is 14.8. The Morgan fingerprint density at radius 3 is 1.60 bits per heavy atom. The SMILES string of the molecule is CC[C@H](C)[C@H](N)C(=O)N[C@@H](CCCCN)C(=O)N[C@H](C(=O)N[C@@H](C)C(=O)N[C@H](C(=O)N[C@@H](CO)C(=O)O)C(C)C)C(C)C. The zero-order chi connectivity index (χ0) is 33.4. The number of nitrogens with one attached hydrogen (secondary N) is 5. The van der Waals surface area contributed by atoms with Gasteiger partial charge in [0.25, 0.3) is 0 Å². The molecule has 0 saturated heterocycles. The number of amides is 5. The highest BCUT2D eigenvalue weighted by atomic mass is 16.4. The summed E-state index contributed by atoms with van der Waals surface area (Å²) in [4.78, 5) is 75.8. The Labute approximate surface area is 254 Å². The van der Waals surface area contributed by atoms with Crippen molar-refractivity contribution in [3.05, 3.63) is 0 Å². The first kappa shape index (κ1) is 39.7. The summed E-state index contributed by atoms with van der Waals surface area (Å²) < 4.78 is 0. The molecule has 0 radical (unpaired) electrons. The lowest BCUT2D eigenvalue weighted by Crippen LogP contribution is -2.60. The smallest absolute Gasteiger partial charge is 0.328 e. The van der Waals surface area contributed by atoms with Gasteiger partial charge in [0.1, 0.15) is 30.2 Å². The van der Waals surface area contributed by atoms with Crippen molar-refractivity contribution in [3.63, 3.8) is 0 Å². The van der Waals surface area contributed by atoms with Gasteiger partial charge < -0.3 is 48.3 Å². The lowest BCUT2D eigenvalue weighted by atomic mass is 9.98. The minimum atomic E-state index is -1.55. The van der Waals surface area contributed by atoms with Crippen LogP contribution in [0.4, 0.5) is 0 Å². The molecule has 11 N–H and O–H groups in total. The summed E-state index contributed by atoms with van der Waals surface area (Å²) in [5.41, 5.74) is 11.6. The zero-order valence-electron chi connectivity index (χ0n) is 26.4. The van der Waals surface area contributed by atoms with E-state index in [9.17, 15) is 33.9 Å². The van der Waals surface area contributed by atoms with Gasteiger partial charge >= 0.3 is 5.97 Å². The summed E-state index contributed by atoms with van der Waals surface area (Å²) in [5, 5.41) is 30.8. The third-order valence-electron chi connectivity index (χ3n) is 7.18. The Morgan fingerprint density at radius 1 is 0.674 bits per heavy atom. The van der Waals surface area contributed by atoms with Crippen LogP contribution in [0.5, 0.6) is 0 Å². The number of unbranched alkanes of at least 4 members (excludes halogenated alkanes) is 1. The number of rotatable bonds is 20. The fourth-order valence-electron chi connectivity index (χ4n) is 3.96. The van der Waals surface area contributed by atoms with Crippen LogP contribution in [0.15, 0.2) is 0 Å². The summed E-state index contributed by atoms with van der Waals surface area (Å²) in [6.45, 7) is 11.4. The Balaban J connectivity index is 5.58. The van der Waals surface area contributed by atoms with Gasteiger partial charge in [-0.2, -0.15) is 0 Å². The van der Waals surface area contributed by atoms with Gasteiger partial charge in [-0.05, 0) is 50.5 Å². The minimum Gasteiger partial charge on any atom is -0.480 e. The van der Waals surface area contributed by atoms with E-state index in [1.54, 1.807) is 27.7 Å². The molecule has 0 aliphatic carbocycles. The van der Waals surface area contributed by atoms with Crippen molar-refractivity contribution in [3.8, 4) is 0 Å². The topological polar surface area (TPSA) is 255 Å². The molecule has 0 aromatic carbocycles. The van der Waals surface area contributed by atoms with Gasteiger partial charge in [0.2, 0.25) is 29.5 Å². The molecule has 0 aliphatic heterocycles. The number of carbonyl (C=O) groups excluding carboxylic acids is 5. The van der Waals surface area contributed by atoms with Gasteiger partial charge in [-0.25, -0.2) is 4.79 Å². The highest BCUT2D eigenvalue weighted by Gasteiger charge is 2.33. The molecule has 0 aromatic heterocycles. The molecule has 0 aliphatic rings. The number of aliphatic hydroxyl groups is 1. The quantitative estimate of drug-likeness (QED) is 0.0703. The minimum absolute atomic E-state index is 0.107. The predicted molar refractivity (Wildman–Crippen MR) is 160 cm³/mol. The lowest BCUT2D eigenvalue weighted by Gasteiger charge is -2.28. The second-order valence-electron chi connectivity index (χ2n) is 11.5. The normalized spacial score (nSPS) is 16.2. The third kappa shape index (κ3) is 13.7. The molecule has 15 heteroatoms. The molecule has 7 atom stereocenters. The van der Waals surface area contributed by atoms with Gasteiger partial charge in [-0.15, -0.1) is 0 Å². The Bertz CT molecular complexity index is 946. The molecule has 0 aromatic rings. The monoisotopic (exact) mass is 615 g/mol. The standard InChI is InChI=1S/C28H53N7O8/c1-8-16(6)20(30)25(39)32-18(11-9-10-12-29)24(38)35-21(14(2)3)26(40)31-17(7)23(37)34-22(15(4)5)27(41)33-19(13-36)28(42)43/h14-22,36H,8-13,29-30H2,1-7H3,(H,31,40)(H,32,39)(H,33,41)(H,34,37)(H,35,38)(H,42,43)/t16-,17-,18-,19-,20-,21-,22-/m0/s1. The number of hydrogen-bond donors (Lipinski definition) is 9. The van der Waals surface area contributed by atoms with Crippen molar-refractivity contribution in [2.24, 2.45) is 29.2 Å². The van der Waals surface area contributed by atoms with Crippen LogP contribution in [0.3, 0.4) is 0 Å². The van der Waals surface area contributed by atoms with Crippen molar-refractivity contribution in [2.45, 2.75) is 110 Å². The van der Waals surface area contributed by atoms with Crippen LogP contribution < -0.4 is 38.1 Å². The highest BCUT2D eigenvalue weighted by Crippen LogP contribution is 2.10. The van der Waals surface area contributed by atoms with Crippen molar-refractivity contribution < 1.29 is 39.0 Å². The van der Waals surface area contributed by atoms with Gasteiger partial charge in [0, 0.05) is 0 Å². The van der Waals surface area contributed by atoms with E-state index < -0.39 is 90.2 Å². The molecule has 0 saturated carbocycles. The van der Waals surface area contributed by atoms with Crippen molar-refractivity contribution in [2.75, 3.05) is 13.2 Å². The van der Waals surface area contributed by atoms with Crippen LogP contribution in [0.1, 0.15) is 74.1 Å². The van der Waals surface area contributed by atoms with Gasteiger partial charge in [0.05, 0.1) is 12.6 Å². The number of nitrogens with two attached hydrogens (primary N) is 2. The third-order valence-corrected chi connectivity index (χ3v) is 7.18. The first-order chi connectivity index (χ1) is 20.0. The van der Waals surface area contributed by atoms with E-state index in [1.165, 1.54) is 6.92 Å². The molecule has 248 valence electrons. The zero-order valence-corrected chi connectivity index (χ0v) is 26.4. The second-order valence-corrected chi connectivity index (χ2v) is 11.5. The van der Waals surface area contributed by atoms with Crippen LogP contribution in [0.2, 0.25) is 0 Å². The summed E-state index contributed by atoms with van der Waals surface area (Å²) in [6, 6.07) is -6.67. The summed E-state index contributed by atoms with van der Waals surface area (Å²) in [6.07, 6.45) is 2.14. The van der Waals surface area contributed by atoms with Crippen LogP contribution in [0.25, 0.3) is 0 Å². The van der Waals surface area contributed by atoms with Crippen molar-refractivity contribution in [1.82, 2.24) is 26.6 Å². The van der Waals surface area contributed by atoms with E-state index in [2.05, 4.69) is 26.6 Å². The predicted octanol–water partition coefficient (Wildman–Crippen LogP) is -1.68. The van der Waals surface area contributed by atoms with Gasteiger partial charge in [-0.1, -0.05) is 48.0 Å². The number of aliphatic carboxylic acids is 1. The maximum atomic E-state index is 13.3. The van der Waals surface area contributed by atoms with Crippen LogP contribution in [-0.2, 0) is 28.8 Å².